The summed E-state index contributed by atoms with van der Waals surface area (Å²) in [5.41, 5.74) is 1.96. The van der Waals surface area contributed by atoms with Crippen molar-refractivity contribution in [3.63, 3.8) is 0 Å². The zero-order valence-corrected chi connectivity index (χ0v) is 38.6. The van der Waals surface area contributed by atoms with E-state index in [0.29, 0.717) is 35.2 Å². The molecule has 4 fully saturated rings. The van der Waals surface area contributed by atoms with E-state index in [1.807, 2.05) is 29.2 Å². The molecule has 18 heteroatoms. The molecule has 2 aromatic heterocycles. The number of carbonyl (C=O) groups excluding carboxylic acids is 7. The minimum atomic E-state index is -1.03. The number of anilines is 1. The number of nitrogens with zero attached hydrogens (tertiary/aromatic N) is 6. The Balaban J connectivity index is 0.722. The number of fused-ring (bicyclic) bond motifs is 1. The van der Waals surface area contributed by atoms with Crippen molar-refractivity contribution in [3.8, 4) is 0 Å². The van der Waals surface area contributed by atoms with E-state index >= 15 is 0 Å². The summed E-state index contributed by atoms with van der Waals surface area (Å²) in [6.45, 7) is 6.00. The number of Topliss-reactive ketones (excluding diaryl/α,β-unsaturated/α-hetero) is 1. The predicted octanol–water partition coefficient (Wildman–Crippen LogP) is 3.35. The number of hydrogen-bond donors (Lipinski definition) is 3. The number of imide groups is 2. The van der Waals surface area contributed by atoms with Gasteiger partial charge in [-0.05, 0) is 86.4 Å². The van der Waals surface area contributed by atoms with Crippen molar-refractivity contribution >= 4 is 64.9 Å². The second-order valence-corrected chi connectivity index (χ2v) is 18.9. The Morgan fingerprint density at radius 3 is 2.49 bits per heavy atom. The largest absolute Gasteiger partial charge is 0.373 e. The first-order chi connectivity index (χ1) is 32.6. The second-order valence-electron chi connectivity index (χ2n) is 17.7. The normalized spacial score (nSPS) is 20.9. The summed E-state index contributed by atoms with van der Waals surface area (Å²) in [5.74, 6) is -0.391. The number of likely N-dealkylation sites (tertiary alicyclic amines) is 1. The summed E-state index contributed by atoms with van der Waals surface area (Å²) in [7, 11) is 0. The molecule has 8 rings (SSSR count). The smallest absolute Gasteiger partial charge is 0.263 e. The van der Waals surface area contributed by atoms with Gasteiger partial charge in [0.05, 0.1) is 29.3 Å². The van der Waals surface area contributed by atoms with E-state index in [1.165, 1.54) is 17.8 Å². The van der Waals surface area contributed by atoms with Crippen molar-refractivity contribution in [1.82, 2.24) is 40.6 Å². The molecule has 5 aliphatic heterocycles. The SMILES string of the molecule is O=C(/C=C/c1cccnc1)NCCCCC1CCN(C(=O)c2ccc(N3CCC(N4CCNCC4C(=O)COCCSc4cccc5c4C(=O)N(C4CCC(=O)NC4=O)C5=O)CC3)nc2)CC1. The number of ketones is 1. The van der Waals surface area contributed by atoms with Gasteiger partial charge in [0.25, 0.3) is 17.7 Å². The van der Waals surface area contributed by atoms with Crippen LogP contribution in [0.4, 0.5) is 5.82 Å². The van der Waals surface area contributed by atoms with Crippen LogP contribution in [0, 0.1) is 5.92 Å². The molecule has 4 saturated heterocycles. The first-order valence-corrected chi connectivity index (χ1v) is 24.5. The van der Waals surface area contributed by atoms with E-state index in [4.69, 9.17) is 9.72 Å². The van der Waals surface area contributed by atoms with Crippen LogP contribution in [0.15, 0.2) is 72.0 Å². The van der Waals surface area contributed by atoms with Gasteiger partial charge in [0.1, 0.15) is 18.5 Å². The molecule has 3 N–H and O–H groups in total. The van der Waals surface area contributed by atoms with Crippen molar-refractivity contribution in [2.45, 2.75) is 80.8 Å². The highest BCUT2D eigenvalue weighted by molar-refractivity contribution is 7.99. The highest BCUT2D eigenvalue weighted by Gasteiger charge is 2.45. The molecule has 0 aliphatic carbocycles. The molecule has 354 valence electrons. The van der Waals surface area contributed by atoms with Gasteiger partial charge in [-0.3, -0.25) is 53.7 Å². The molecular formula is C49H59N9O8S. The number of unbranched alkanes of at least 4 members (excludes halogenated alkanes) is 1. The third-order valence-electron chi connectivity index (χ3n) is 13.4. The minimum Gasteiger partial charge on any atom is -0.373 e. The van der Waals surface area contributed by atoms with Gasteiger partial charge >= 0.3 is 0 Å². The number of hydrogen-bond acceptors (Lipinski definition) is 14. The van der Waals surface area contributed by atoms with Crippen LogP contribution in [0.2, 0.25) is 0 Å². The molecule has 0 saturated carbocycles. The maximum absolute atomic E-state index is 13.6. The number of piperidine rings is 3. The Kier molecular flexibility index (Phi) is 16.2. The molecule has 7 heterocycles. The summed E-state index contributed by atoms with van der Waals surface area (Å²) in [4.78, 5) is 107. The Morgan fingerprint density at radius 1 is 0.896 bits per heavy atom. The molecule has 67 heavy (non-hydrogen) atoms. The van der Waals surface area contributed by atoms with Gasteiger partial charge in [-0.15, -0.1) is 11.8 Å². The fourth-order valence-electron chi connectivity index (χ4n) is 9.75. The van der Waals surface area contributed by atoms with Crippen LogP contribution in [0.5, 0.6) is 0 Å². The first kappa shape index (κ1) is 47.7. The van der Waals surface area contributed by atoms with Crippen LogP contribution in [-0.2, 0) is 23.9 Å². The molecule has 5 aliphatic rings. The number of benzene rings is 1. The van der Waals surface area contributed by atoms with Crippen molar-refractivity contribution in [1.29, 1.82) is 0 Å². The number of pyridine rings is 2. The van der Waals surface area contributed by atoms with Crippen LogP contribution < -0.4 is 20.9 Å². The second kappa shape index (κ2) is 22.8. The fourth-order valence-corrected chi connectivity index (χ4v) is 10.7. The van der Waals surface area contributed by atoms with Crippen molar-refractivity contribution < 1.29 is 38.3 Å². The molecule has 0 spiro atoms. The Hall–Kier alpha value is -5.82. The average molecular weight is 934 g/mol. The highest BCUT2D eigenvalue weighted by atomic mass is 32.2. The zero-order valence-electron chi connectivity index (χ0n) is 37.7. The van der Waals surface area contributed by atoms with Crippen molar-refractivity contribution in [2.24, 2.45) is 5.92 Å². The van der Waals surface area contributed by atoms with Crippen LogP contribution in [0.1, 0.15) is 94.4 Å². The van der Waals surface area contributed by atoms with Crippen LogP contribution in [0.3, 0.4) is 0 Å². The molecular weight excluding hydrogens is 875 g/mol. The number of ether oxygens (including phenoxy) is 1. The topological polar surface area (TPSA) is 204 Å². The molecule has 6 amide bonds. The summed E-state index contributed by atoms with van der Waals surface area (Å²) in [5, 5.41) is 8.55. The number of aromatic nitrogens is 2. The van der Waals surface area contributed by atoms with Crippen molar-refractivity contribution in [2.75, 3.05) is 76.2 Å². The molecule has 1 aromatic carbocycles. The van der Waals surface area contributed by atoms with Gasteiger partial charge in [0, 0.05) is 100 Å². The molecule has 3 aromatic rings. The minimum absolute atomic E-state index is 0.0103. The van der Waals surface area contributed by atoms with Gasteiger partial charge in [-0.1, -0.05) is 25.0 Å². The number of nitrogens with one attached hydrogen (secondary N) is 3. The quantitative estimate of drug-likeness (QED) is 0.0726. The third kappa shape index (κ3) is 11.8. The number of rotatable bonds is 18. The lowest BCUT2D eigenvalue weighted by Gasteiger charge is -2.44. The molecule has 2 atom stereocenters. The Labute approximate surface area is 394 Å². The number of carbonyl (C=O) groups is 7. The zero-order chi connectivity index (χ0) is 46.7. The van der Waals surface area contributed by atoms with Gasteiger partial charge in [-0.2, -0.15) is 0 Å². The molecule has 2 unspecified atom stereocenters. The lowest BCUT2D eigenvalue weighted by Crippen LogP contribution is -2.60. The van der Waals surface area contributed by atoms with Crippen LogP contribution >= 0.6 is 11.8 Å². The average Bonchev–Trinajstić information content (AvgIpc) is 3.61. The standard InChI is InChI=1S/C49H59N9O8S/c59-40(32-66-27-28-67-41-8-3-7-37-45(41)49(65)58(48(37)64)38-11-14-44(61)54-46(38)62)39-31-51-21-26-57(39)36-17-24-55(25-18-36)42-12-10-35(30-53-42)47(63)56-22-15-33(16-23-56)5-1-2-20-52-43(60)13-9-34-6-4-19-50-29-34/h3-4,6-10,12-13,19,29-30,33,36,38-39,51H,1-2,5,11,14-18,20-28,31-32H2,(H,52,60)(H,54,61,62)/b13-9+. The monoisotopic (exact) mass is 933 g/mol. The third-order valence-corrected chi connectivity index (χ3v) is 14.4. The molecule has 0 bridgehead atoms. The van der Waals surface area contributed by atoms with E-state index in [2.05, 4.69) is 30.7 Å². The fraction of sp³-hybridized carbons (Fsp3) is 0.490. The highest BCUT2D eigenvalue weighted by Crippen LogP contribution is 2.34. The Morgan fingerprint density at radius 2 is 1.73 bits per heavy atom. The molecule has 0 radical (unpaired) electrons. The summed E-state index contributed by atoms with van der Waals surface area (Å²) in [6.07, 6.45) is 15.3. The van der Waals surface area contributed by atoms with E-state index in [-0.39, 0.29) is 66.9 Å². The first-order valence-electron chi connectivity index (χ1n) is 23.5. The van der Waals surface area contributed by atoms with E-state index in [1.54, 1.807) is 42.9 Å². The van der Waals surface area contributed by atoms with Gasteiger partial charge < -0.3 is 25.2 Å². The van der Waals surface area contributed by atoms with Gasteiger partial charge in [0.2, 0.25) is 17.7 Å². The Bertz CT molecular complexity index is 2320. The number of amides is 6. The number of piperazine rings is 1. The van der Waals surface area contributed by atoms with Crippen LogP contribution in [0.25, 0.3) is 6.08 Å². The maximum atomic E-state index is 13.6. The molecule has 17 nitrogen and oxygen atoms in total. The summed E-state index contributed by atoms with van der Waals surface area (Å²) >= 11 is 1.35. The van der Waals surface area contributed by atoms with Crippen molar-refractivity contribution in [3.05, 3.63) is 89.4 Å². The lowest BCUT2D eigenvalue weighted by molar-refractivity contribution is -0.136. The van der Waals surface area contributed by atoms with Gasteiger partial charge in [0.15, 0.2) is 5.78 Å². The number of thioether (sulfide) groups is 1. The van der Waals surface area contributed by atoms with Gasteiger partial charge in [-0.25, -0.2) is 4.98 Å². The maximum Gasteiger partial charge on any atom is 0.263 e. The van der Waals surface area contributed by atoms with E-state index < -0.39 is 29.7 Å². The predicted molar refractivity (Wildman–Crippen MR) is 251 cm³/mol. The van der Waals surface area contributed by atoms with E-state index in [0.717, 1.165) is 100 Å². The lowest BCUT2D eigenvalue weighted by atomic mass is 9.91. The van der Waals surface area contributed by atoms with Crippen LogP contribution in [-0.4, -0.2) is 155 Å². The summed E-state index contributed by atoms with van der Waals surface area (Å²) < 4.78 is 5.87. The summed E-state index contributed by atoms with van der Waals surface area (Å²) in [6, 6.07) is 11.5. The van der Waals surface area contributed by atoms with E-state index in [9.17, 15) is 33.6 Å².